The smallest absolute Gasteiger partial charge is 0.305 e. The van der Waals surface area contributed by atoms with Gasteiger partial charge in [0.1, 0.15) is 6.04 Å². The van der Waals surface area contributed by atoms with Gasteiger partial charge in [-0.1, -0.05) is 37.3 Å². The van der Waals surface area contributed by atoms with Crippen LogP contribution in [-0.4, -0.2) is 62.9 Å². The van der Waals surface area contributed by atoms with Crippen molar-refractivity contribution >= 4 is 34.9 Å². The summed E-state index contributed by atoms with van der Waals surface area (Å²) in [5.41, 5.74) is -0.0526. The van der Waals surface area contributed by atoms with Crippen molar-refractivity contribution in [2.24, 2.45) is 0 Å². The zero-order valence-corrected chi connectivity index (χ0v) is 20.2. The molecule has 1 aromatic heterocycles. The number of nitrogens with one attached hydrogen (secondary N) is 4. The van der Waals surface area contributed by atoms with Gasteiger partial charge < -0.3 is 31.9 Å². The van der Waals surface area contributed by atoms with Gasteiger partial charge in [-0.2, -0.15) is 0 Å². The van der Waals surface area contributed by atoms with Crippen molar-refractivity contribution in [3.63, 3.8) is 0 Å². The van der Waals surface area contributed by atoms with E-state index >= 15 is 0 Å². The molecule has 0 aliphatic heterocycles. The van der Waals surface area contributed by atoms with Crippen molar-refractivity contribution in [1.82, 2.24) is 20.2 Å². The Morgan fingerprint density at radius 2 is 1.89 bits per heavy atom. The van der Waals surface area contributed by atoms with Gasteiger partial charge in [-0.3, -0.25) is 23.7 Å². The van der Waals surface area contributed by atoms with Crippen molar-refractivity contribution in [3.05, 3.63) is 64.1 Å². The highest BCUT2D eigenvalue weighted by atomic mass is 16.4. The van der Waals surface area contributed by atoms with E-state index < -0.39 is 41.7 Å². The number of aliphatic carboxylic acids is 1. The number of ketones is 1. The molecule has 0 aliphatic carbocycles. The van der Waals surface area contributed by atoms with Crippen LogP contribution in [-0.2, 0) is 20.9 Å². The molecule has 2 aromatic rings. The van der Waals surface area contributed by atoms with E-state index in [2.05, 4.69) is 20.9 Å². The minimum Gasteiger partial charge on any atom is -0.805 e. The predicted octanol–water partition coefficient (Wildman–Crippen LogP) is 0.975. The van der Waals surface area contributed by atoms with E-state index in [1.165, 1.54) is 19.3 Å². The average molecular weight is 497 g/mol. The first kappa shape index (κ1) is 28.1. The van der Waals surface area contributed by atoms with Crippen LogP contribution in [0.25, 0.3) is 5.41 Å². The van der Waals surface area contributed by atoms with Gasteiger partial charge in [-0.15, -0.1) is 5.71 Å². The molecular weight excluding hydrogens is 466 g/mol. The van der Waals surface area contributed by atoms with Crippen molar-refractivity contribution in [2.45, 2.75) is 45.3 Å². The molecule has 0 radical (unpaired) electrons. The van der Waals surface area contributed by atoms with Crippen molar-refractivity contribution in [1.29, 1.82) is 5.41 Å². The highest BCUT2D eigenvalue weighted by Crippen LogP contribution is 2.11. The largest absolute Gasteiger partial charge is 0.805 e. The summed E-state index contributed by atoms with van der Waals surface area (Å²) in [6, 6.07) is 7.00. The summed E-state index contributed by atoms with van der Waals surface area (Å²) in [5, 5.41) is 34.4. The molecule has 0 bridgehead atoms. The molecule has 1 heterocycles. The summed E-state index contributed by atoms with van der Waals surface area (Å²) >= 11 is 0. The molecule has 36 heavy (non-hydrogen) atoms. The van der Waals surface area contributed by atoms with Crippen LogP contribution in [0.3, 0.4) is 0 Å². The summed E-state index contributed by atoms with van der Waals surface area (Å²) in [5.74, 6) is -2.59. The number of benzene rings is 1. The Morgan fingerprint density at radius 3 is 2.50 bits per heavy atom. The lowest BCUT2D eigenvalue weighted by Crippen LogP contribution is -2.48. The van der Waals surface area contributed by atoms with Crippen LogP contribution in [0, 0.1) is 5.41 Å². The Balaban J connectivity index is 2.12. The number of carboxylic acids is 1. The van der Waals surface area contributed by atoms with Crippen LogP contribution in [0.4, 0.5) is 5.82 Å². The maximum absolute atomic E-state index is 13.0. The molecule has 0 aliphatic rings. The molecule has 1 aromatic carbocycles. The summed E-state index contributed by atoms with van der Waals surface area (Å²) in [7, 11) is 0. The van der Waals surface area contributed by atoms with Crippen LogP contribution >= 0.6 is 0 Å². The number of aromatic nitrogens is 2. The third kappa shape index (κ3) is 8.24. The van der Waals surface area contributed by atoms with E-state index in [1.54, 1.807) is 6.92 Å². The van der Waals surface area contributed by atoms with Crippen molar-refractivity contribution in [2.75, 3.05) is 18.4 Å². The highest BCUT2D eigenvalue weighted by molar-refractivity contribution is 6.42. The van der Waals surface area contributed by atoms with E-state index in [-0.39, 0.29) is 36.8 Å². The number of anilines is 1. The lowest BCUT2D eigenvalue weighted by molar-refractivity contribution is -0.140. The second-order valence-electron chi connectivity index (χ2n) is 8.05. The second-order valence-corrected chi connectivity index (χ2v) is 8.05. The average Bonchev–Trinajstić information content (AvgIpc) is 2.84. The lowest BCUT2D eigenvalue weighted by Gasteiger charge is -2.22. The number of Topliss-reactive ketones (excluding diaryl/α,β-unsaturated/α-hetero) is 1. The van der Waals surface area contributed by atoms with Crippen LogP contribution in [0.15, 0.2) is 47.5 Å². The van der Waals surface area contributed by atoms with Gasteiger partial charge in [0.05, 0.1) is 19.0 Å². The van der Waals surface area contributed by atoms with Gasteiger partial charge in [0.2, 0.25) is 5.91 Å². The van der Waals surface area contributed by atoms with Gasteiger partial charge in [-0.05, 0) is 18.9 Å². The standard InChI is InChI=1S/C24H30N7O5/c1-3-19(31-10-9-28-22(24(31)36)29-13-17(26)15(2)25)23(35)30-18(11-21(33)34)20(32)14-27-12-16-7-5-4-6-8-16/h4-10,18-19,25,27H,3,11-14H2,1-2H3,(H,28,29)(H,30,35)(H,33,34)/q-1/t18?,19-/m0/s1. The molecule has 0 saturated heterocycles. The van der Waals surface area contributed by atoms with Gasteiger partial charge in [0.15, 0.2) is 11.6 Å². The normalized spacial score (nSPS) is 12.3. The van der Waals surface area contributed by atoms with Gasteiger partial charge in [-0.25, -0.2) is 4.98 Å². The zero-order chi connectivity index (χ0) is 26.7. The molecule has 2 rings (SSSR count). The Hall–Kier alpha value is -4.19. The molecule has 1 unspecified atom stereocenters. The molecule has 2 atom stereocenters. The molecule has 12 nitrogen and oxygen atoms in total. The Bertz CT molecular complexity index is 1160. The number of carbonyl (C=O) groups is 3. The summed E-state index contributed by atoms with van der Waals surface area (Å²) in [6.45, 7) is 3.09. The Morgan fingerprint density at radius 1 is 1.19 bits per heavy atom. The third-order valence-corrected chi connectivity index (χ3v) is 5.30. The fourth-order valence-electron chi connectivity index (χ4n) is 3.34. The van der Waals surface area contributed by atoms with Crippen molar-refractivity contribution < 1.29 is 19.5 Å². The summed E-state index contributed by atoms with van der Waals surface area (Å²) in [6.07, 6.45) is 2.17. The Labute approximate surface area is 208 Å². The highest BCUT2D eigenvalue weighted by Gasteiger charge is 2.28. The van der Waals surface area contributed by atoms with Gasteiger partial charge in [0.25, 0.3) is 5.56 Å². The minimum absolute atomic E-state index is 0.0723. The first-order chi connectivity index (χ1) is 17.1. The minimum atomic E-state index is -1.29. The quantitative estimate of drug-likeness (QED) is 0.225. The van der Waals surface area contributed by atoms with Gasteiger partial charge in [0, 0.05) is 31.2 Å². The number of rotatable bonds is 15. The van der Waals surface area contributed by atoms with E-state index in [1.807, 2.05) is 30.3 Å². The fourth-order valence-corrected chi connectivity index (χ4v) is 3.34. The number of carboxylic acid groups (broad SMARTS) is 1. The first-order valence-corrected chi connectivity index (χ1v) is 11.3. The monoisotopic (exact) mass is 496 g/mol. The van der Waals surface area contributed by atoms with E-state index in [0.717, 1.165) is 10.1 Å². The van der Waals surface area contributed by atoms with Gasteiger partial charge >= 0.3 is 5.97 Å². The maximum atomic E-state index is 13.0. The molecule has 192 valence electrons. The maximum Gasteiger partial charge on any atom is 0.305 e. The molecular formula is C24H30N7O5-. The molecule has 0 saturated carbocycles. The Kier molecular flexibility index (Phi) is 10.6. The zero-order valence-electron chi connectivity index (χ0n) is 20.2. The summed E-state index contributed by atoms with van der Waals surface area (Å²) in [4.78, 5) is 53.9. The summed E-state index contributed by atoms with van der Waals surface area (Å²) < 4.78 is 1.12. The first-order valence-electron chi connectivity index (χ1n) is 11.3. The molecule has 0 fully saturated rings. The van der Waals surface area contributed by atoms with Crippen LogP contribution < -0.4 is 21.5 Å². The van der Waals surface area contributed by atoms with E-state index in [0.29, 0.717) is 6.54 Å². The molecule has 1 amide bonds. The van der Waals surface area contributed by atoms with Crippen LogP contribution in [0.2, 0.25) is 0 Å². The lowest BCUT2D eigenvalue weighted by atomic mass is 10.1. The second kappa shape index (κ2) is 13.6. The molecule has 0 spiro atoms. The van der Waals surface area contributed by atoms with E-state index in [4.69, 9.17) is 5.41 Å². The molecule has 5 N–H and O–H groups in total. The number of nitrogens with zero attached hydrogens (tertiary/aromatic N) is 3. The number of hydrogen-bond acceptors (Lipinski definition) is 8. The predicted molar refractivity (Wildman–Crippen MR) is 135 cm³/mol. The topological polar surface area (TPSA) is 189 Å². The number of amides is 1. The van der Waals surface area contributed by atoms with Crippen LogP contribution in [0.5, 0.6) is 0 Å². The fraction of sp³-hybridized carbons (Fsp3) is 0.375. The SMILES string of the molecule is CC[C@@H](C(=O)NC(CC(=O)O)C(=O)CNCc1ccccc1)n1ccnc(NCC(=[N-])C(C)=N)c1=O. The van der Waals surface area contributed by atoms with E-state index in [9.17, 15) is 29.7 Å². The van der Waals surface area contributed by atoms with Crippen molar-refractivity contribution in [3.8, 4) is 0 Å². The third-order valence-electron chi connectivity index (χ3n) is 5.30. The number of hydrogen-bond donors (Lipinski definition) is 5. The molecule has 12 heteroatoms. The number of carbonyl (C=O) groups excluding carboxylic acids is 2. The van der Waals surface area contributed by atoms with Crippen LogP contribution in [0.1, 0.15) is 38.3 Å².